The molecule has 5 nitrogen and oxygen atoms in total. The van der Waals surface area contributed by atoms with E-state index in [4.69, 9.17) is 0 Å². The minimum Gasteiger partial charge on any atom is -0.352 e. The Hall–Kier alpha value is -2.53. The minimum absolute atomic E-state index is 0.199. The van der Waals surface area contributed by atoms with E-state index < -0.39 is 45.8 Å². The van der Waals surface area contributed by atoms with Crippen LogP contribution in [-0.2, 0) is 27.5 Å². The molecule has 0 saturated carbocycles. The molecule has 2 rings (SSSR count). The van der Waals surface area contributed by atoms with E-state index >= 15 is 0 Å². The zero-order valence-electron chi connectivity index (χ0n) is 14.2. The van der Waals surface area contributed by atoms with Gasteiger partial charge in [0.2, 0.25) is 15.9 Å². The molecular weight excluding hydrogens is 407 g/mol. The van der Waals surface area contributed by atoms with Crippen molar-refractivity contribution >= 4 is 15.9 Å². The summed E-state index contributed by atoms with van der Waals surface area (Å²) < 4.78 is 90.6. The molecule has 0 radical (unpaired) electrons. The first-order chi connectivity index (χ1) is 13.0. The fourth-order valence-electron chi connectivity index (χ4n) is 2.24. The molecule has 0 bridgehead atoms. The summed E-state index contributed by atoms with van der Waals surface area (Å²) in [5.74, 6) is -2.38. The van der Waals surface area contributed by atoms with Crippen LogP contribution in [0.1, 0.15) is 17.5 Å². The SMILES string of the molecule is O=C(CCNS(=O)(=O)c1ccc(F)cc1)NCc1ccc(F)cc1C(F)(F)F. The van der Waals surface area contributed by atoms with Crippen LogP contribution in [-0.4, -0.2) is 20.9 Å². The Balaban J connectivity index is 1.89. The Bertz CT molecular complexity index is 944. The molecule has 0 unspecified atom stereocenters. The third-order valence-electron chi connectivity index (χ3n) is 3.62. The van der Waals surface area contributed by atoms with E-state index in [9.17, 15) is 35.2 Å². The van der Waals surface area contributed by atoms with Crippen molar-refractivity contribution in [3.8, 4) is 0 Å². The number of nitrogens with one attached hydrogen (secondary N) is 2. The van der Waals surface area contributed by atoms with Gasteiger partial charge >= 0.3 is 6.18 Å². The van der Waals surface area contributed by atoms with E-state index in [2.05, 4.69) is 10.0 Å². The maximum Gasteiger partial charge on any atom is 0.416 e. The lowest BCUT2D eigenvalue weighted by Gasteiger charge is -2.13. The molecule has 152 valence electrons. The van der Waals surface area contributed by atoms with Gasteiger partial charge < -0.3 is 5.32 Å². The van der Waals surface area contributed by atoms with Crippen LogP contribution in [0.2, 0.25) is 0 Å². The van der Waals surface area contributed by atoms with Crippen LogP contribution in [0, 0.1) is 11.6 Å². The van der Waals surface area contributed by atoms with Crippen LogP contribution in [0.25, 0.3) is 0 Å². The maximum atomic E-state index is 13.0. The van der Waals surface area contributed by atoms with E-state index in [1.807, 2.05) is 0 Å². The molecule has 0 aromatic heterocycles. The molecule has 0 aliphatic rings. The van der Waals surface area contributed by atoms with Gasteiger partial charge in [-0.3, -0.25) is 4.79 Å². The van der Waals surface area contributed by atoms with Crippen molar-refractivity contribution in [3.05, 3.63) is 65.2 Å². The van der Waals surface area contributed by atoms with Crippen molar-refractivity contribution in [1.29, 1.82) is 0 Å². The molecule has 28 heavy (non-hydrogen) atoms. The van der Waals surface area contributed by atoms with Gasteiger partial charge in [-0.25, -0.2) is 21.9 Å². The summed E-state index contributed by atoms with van der Waals surface area (Å²) in [6.45, 7) is -0.820. The van der Waals surface area contributed by atoms with Crippen LogP contribution in [0.3, 0.4) is 0 Å². The molecule has 0 fully saturated rings. The lowest BCUT2D eigenvalue weighted by Crippen LogP contribution is -2.31. The van der Waals surface area contributed by atoms with Gasteiger partial charge in [0.1, 0.15) is 11.6 Å². The first-order valence-electron chi connectivity index (χ1n) is 7.86. The van der Waals surface area contributed by atoms with Crippen molar-refractivity contribution in [2.45, 2.75) is 24.0 Å². The van der Waals surface area contributed by atoms with Gasteiger partial charge in [0.25, 0.3) is 0 Å². The highest BCUT2D eigenvalue weighted by molar-refractivity contribution is 7.89. The lowest BCUT2D eigenvalue weighted by molar-refractivity contribution is -0.138. The number of carbonyl (C=O) groups excluding carboxylic acids is 1. The topological polar surface area (TPSA) is 75.3 Å². The van der Waals surface area contributed by atoms with Gasteiger partial charge in [0, 0.05) is 19.5 Å². The third kappa shape index (κ3) is 5.99. The molecular formula is C17H15F5N2O3S. The van der Waals surface area contributed by atoms with Crippen molar-refractivity contribution in [1.82, 2.24) is 10.0 Å². The number of halogens is 5. The van der Waals surface area contributed by atoms with E-state index in [-0.39, 0.29) is 23.4 Å². The number of sulfonamides is 1. The van der Waals surface area contributed by atoms with Crippen molar-refractivity contribution in [3.63, 3.8) is 0 Å². The molecule has 11 heteroatoms. The molecule has 0 spiro atoms. The summed E-state index contributed by atoms with van der Waals surface area (Å²) in [6, 6.07) is 6.10. The summed E-state index contributed by atoms with van der Waals surface area (Å²) >= 11 is 0. The van der Waals surface area contributed by atoms with Crippen LogP contribution in [0.4, 0.5) is 22.0 Å². The molecule has 0 atom stereocenters. The van der Waals surface area contributed by atoms with E-state index in [1.165, 1.54) is 0 Å². The van der Waals surface area contributed by atoms with E-state index in [0.29, 0.717) is 6.07 Å². The normalized spacial score (nSPS) is 12.0. The Morgan fingerprint density at radius 2 is 1.57 bits per heavy atom. The highest BCUT2D eigenvalue weighted by atomic mass is 32.2. The zero-order valence-corrected chi connectivity index (χ0v) is 15.0. The predicted octanol–water partition coefficient (Wildman–Crippen LogP) is 2.97. The second-order valence-corrected chi connectivity index (χ2v) is 7.44. The average Bonchev–Trinajstić information content (AvgIpc) is 2.60. The van der Waals surface area contributed by atoms with Gasteiger partial charge in [0.05, 0.1) is 10.5 Å². The van der Waals surface area contributed by atoms with Crippen LogP contribution < -0.4 is 10.0 Å². The number of amides is 1. The molecule has 0 saturated heterocycles. The predicted molar refractivity (Wildman–Crippen MR) is 89.5 cm³/mol. The number of benzene rings is 2. The lowest BCUT2D eigenvalue weighted by atomic mass is 10.1. The van der Waals surface area contributed by atoms with Crippen molar-refractivity contribution in [2.24, 2.45) is 0 Å². The number of rotatable bonds is 7. The van der Waals surface area contributed by atoms with Gasteiger partial charge in [-0.1, -0.05) is 6.07 Å². The number of carbonyl (C=O) groups is 1. The second kappa shape index (κ2) is 8.65. The van der Waals surface area contributed by atoms with E-state index in [0.717, 1.165) is 36.4 Å². The van der Waals surface area contributed by atoms with Gasteiger partial charge in [0.15, 0.2) is 0 Å². The Morgan fingerprint density at radius 3 is 2.18 bits per heavy atom. The van der Waals surface area contributed by atoms with Crippen LogP contribution >= 0.6 is 0 Å². The fraction of sp³-hybridized carbons (Fsp3) is 0.235. The number of hydrogen-bond acceptors (Lipinski definition) is 3. The first kappa shape index (κ1) is 21.8. The van der Waals surface area contributed by atoms with Crippen molar-refractivity contribution in [2.75, 3.05) is 6.54 Å². The summed E-state index contributed by atoms with van der Waals surface area (Å²) in [6.07, 6.45) is -5.13. The smallest absolute Gasteiger partial charge is 0.352 e. The minimum atomic E-state index is -4.78. The Kier molecular flexibility index (Phi) is 6.73. The van der Waals surface area contributed by atoms with E-state index in [1.54, 1.807) is 0 Å². The summed E-state index contributed by atoms with van der Waals surface area (Å²) in [5.41, 5.74) is -1.53. The zero-order chi connectivity index (χ0) is 20.9. The van der Waals surface area contributed by atoms with Crippen LogP contribution in [0.5, 0.6) is 0 Å². The molecule has 1 amide bonds. The summed E-state index contributed by atoms with van der Waals surface area (Å²) in [5, 5.41) is 2.22. The molecule has 0 heterocycles. The Morgan fingerprint density at radius 1 is 0.964 bits per heavy atom. The van der Waals surface area contributed by atoms with Gasteiger partial charge in [-0.2, -0.15) is 13.2 Å². The van der Waals surface area contributed by atoms with Crippen molar-refractivity contribution < 1.29 is 35.2 Å². The quantitative estimate of drug-likeness (QED) is 0.674. The molecule has 0 aliphatic carbocycles. The monoisotopic (exact) mass is 422 g/mol. The Labute approximate surface area is 157 Å². The molecule has 0 aliphatic heterocycles. The highest BCUT2D eigenvalue weighted by Crippen LogP contribution is 2.32. The maximum absolute atomic E-state index is 13.0. The second-order valence-electron chi connectivity index (χ2n) is 5.68. The highest BCUT2D eigenvalue weighted by Gasteiger charge is 2.33. The number of alkyl halides is 3. The fourth-order valence-corrected chi connectivity index (χ4v) is 3.28. The van der Waals surface area contributed by atoms with Gasteiger partial charge in [-0.15, -0.1) is 0 Å². The standard InChI is InChI=1S/C17H15F5N2O3S/c18-12-3-5-14(6-4-12)28(26,27)24-8-7-16(25)23-10-11-1-2-13(19)9-15(11)17(20,21)22/h1-6,9,24H,7-8,10H2,(H,23,25). The third-order valence-corrected chi connectivity index (χ3v) is 5.10. The molecule has 2 aromatic rings. The largest absolute Gasteiger partial charge is 0.416 e. The average molecular weight is 422 g/mol. The van der Waals surface area contributed by atoms with Gasteiger partial charge in [-0.05, 0) is 42.0 Å². The molecule has 2 N–H and O–H groups in total. The van der Waals surface area contributed by atoms with Crippen LogP contribution in [0.15, 0.2) is 47.4 Å². The number of hydrogen-bond donors (Lipinski definition) is 2. The summed E-state index contributed by atoms with van der Waals surface area (Å²) in [4.78, 5) is 11.6. The molecule has 2 aromatic carbocycles. The summed E-state index contributed by atoms with van der Waals surface area (Å²) in [7, 11) is -3.96. The first-order valence-corrected chi connectivity index (χ1v) is 9.35.